The van der Waals surface area contributed by atoms with E-state index >= 15 is 0 Å². The van der Waals surface area contributed by atoms with E-state index in [1.807, 2.05) is 79.4 Å². The predicted molar refractivity (Wildman–Crippen MR) is 220 cm³/mol. The predicted octanol–water partition coefficient (Wildman–Crippen LogP) is 6.64. The number of halogens is 3. The number of hydrogen-bond acceptors (Lipinski definition) is 6. The second kappa shape index (κ2) is 32.4. The molecule has 0 aliphatic carbocycles. The molecule has 0 bridgehead atoms. The molecule has 3 aliphatic rings. The number of nitrogens with two attached hydrogens (primary N) is 1. The summed E-state index contributed by atoms with van der Waals surface area (Å²) in [6.07, 6.45) is 8.89. The van der Waals surface area contributed by atoms with E-state index < -0.39 is 0 Å². The molecule has 8 nitrogen and oxygen atoms in total. The molecule has 2 aromatic rings. The van der Waals surface area contributed by atoms with Crippen LogP contribution in [0.1, 0.15) is 97.6 Å². The Morgan fingerprint density at radius 3 is 1.58 bits per heavy atom. The van der Waals surface area contributed by atoms with Gasteiger partial charge in [-0.3, -0.25) is 0 Å². The fraction of sp³-hybridized carbons (Fsp3) is 0.611. The SMILES string of the molecule is C.CC.CC[C@@H]1CCCN1.CC[C@@H]1CCCN1C(=O)OCc1ccccc1.I[I-]I.NC[C@@H]1CCCN1C(=O)OCc1ccccc1.S. The molecule has 3 aliphatic heterocycles. The summed E-state index contributed by atoms with van der Waals surface area (Å²) in [5.41, 5.74) is 7.66. The molecule has 3 heterocycles. The zero-order chi connectivity index (χ0) is 34.0. The Hall–Kier alpha value is -0.560. The molecule has 0 radical (unpaired) electrons. The smallest absolute Gasteiger partial charge is 0.410 e. The van der Waals surface area contributed by atoms with E-state index in [0.717, 1.165) is 62.4 Å². The average molecular weight is 1030 g/mol. The maximum atomic E-state index is 11.9. The van der Waals surface area contributed by atoms with E-state index in [1.54, 1.807) is 4.90 Å². The molecule has 0 saturated carbocycles. The van der Waals surface area contributed by atoms with Gasteiger partial charge in [0.15, 0.2) is 0 Å². The number of ether oxygens (including phenoxy) is 2. The number of likely N-dealkylation sites (tertiary alicyclic amines) is 2. The summed E-state index contributed by atoms with van der Waals surface area (Å²) >= 11 is 5.30. The van der Waals surface area contributed by atoms with Crippen molar-refractivity contribution in [2.45, 2.75) is 118 Å². The van der Waals surface area contributed by atoms with Crippen LogP contribution in [0.3, 0.4) is 0 Å². The first-order valence-electron chi connectivity index (χ1n) is 16.7. The van der Waals surface area contributed by atoms with Gasteiger partial charge in [0.25, 0.3) is 0 Å². The van der Waals surface area contributed by atoms with Crippen molar-refractivity contribution in [1.29, 1.82) is 0 Å². The maximum absolute atomic E-state index is 11.9. The summed E-state index contributed by atoms with van der Waals surface area (Å²) in [7, 11) is 0. The molecule has 3 fully saturated rings. The molecule has 0 aromatic heterocycles. The second-order valence-corrected chi connectivity index (χ2v) is 27.2. The third-order valence-electron chi connectivity index (χ3n) is 8.03. The molecular weight excluding hydrogens is 965 g/mol. The first kappa shape index (κ1) is 49.6. The number of amides is 2. The van der Waals surface area contributed by atoms with E-state index in [4.69, 9.17) is 15.2 Å². The summed E-state index contributed by atoms with van der Waals surface area (Å²) < 4.78 is 10.6. The van der Waals surface area contributed by atoms with Gasteiger partial charge in [-0.05, 0) is 69.0 Å². The Morgan fingerprint density at radius 2 is 1.23 bits per heavy atom. The van der Waals surface area contributed by atoms with E-state index in [9.17, 15) is 9.59 Å². The molecule has 5 rings (SSSR count). The maximum Gasteiger partial charge on any atom is 0.410 e. The zero-order valence-electron chi connectivity index (χ0n) is 28.6. The van der Waals surface area contributed by atoms with Crippen molar-refractivity contribution in [2.75, 3.05) is 26.2 Å². The van der Waals surface area contributed by atoms with Crippen molar-refractivity contribution in [3.63, 3.8) is 0 Å². The van der Waals surface area contributed by atoms with Crippen LogP contribution in [0.5, 0.6) is 0 Å². The van der Waals surface area contributed by atoms with Crippen LogP contribution in [-0.2, 0) is 22.7 Å². The molecule has 3 N–H and O–H groups in total. The van der Waals surface area contributed by atoms with Gasteiger partial charge in [0, 0.05) is 37.8 Å². The number of carbonyl (C=O) groups excluding carboxylic acids is 2. The van der Waals surface area contributed by atoms with E-state index in [0.29, 0.717) is 39.1 Å². The van der Waals surface area contributed by atoms with Crippen LogP contribution in [0.15, 0.2) is 60.7 Å². The summed E-state index contributed by atoms with van der Waals surface area (Å²) in [5.74, 6) is 0. The van der Waals surface area contributed by atoms with Gasteiger partial charge < -0.3 is 30.3 Å². The molecule has 2 aromatic carbocycles. The van der Waals surface area contributed by atoms with Crippen LogP contribution >= 0.6 is 50.7 Å². The zero-order valence-corrected chi connectivity index (χ0v) is 36.1. The second-order valence-electron chi connectivity index (χ2n) is 11.0. The standard InChI is InChI=1S/C14H19NO2.C13H18N2O2.C6H13N.C2H6.CH4.I3.H2S/c1-2-13-9-6-10-15(13)14(16)17-11-12-7-4-3-5-8-12;14-9-12-7-4-8-15(12)13(16)17-10-11-5-2-1-3-6-11;1-2-6-4-3-5-7-6;1-2;;1-3-2;/h3-5,7-8,13H,2,6,9-11H2,1H3;1-3,5-6,12H,4,7-10,14H2;6-7H,2-5H2,1H3;1-2H3;1H4;;1H2/q;;;;;-1;/t13-;12-;6-;;;;/m101..../s1. The molecular formula is C36H62I3N4O4S-. The summed E-state index contributed by atoms with van der Waals surface area (Å²) in [4.78, 5) is 27.3. The molecule has 3 atom stereocenters. The van der Waals surface area contributed by atoms with Crippen molar-refractivity contribution < 1.29 is 32.3 Å². The van der Waals surface area contributed by atoms with Crippen LogP contribution < -0.4 is 24.3 Å². The Bertz CT molecular complexity index is 967. The largest absolute Gasteiger partial charge is 0.445 e. The molecule has 0 spiro atoms. The minimum atomic E-state index is -0.248. The first-order valence-corrected chi connectivity index (χ1v) is 29.3. The van der Waals surface area contributed by atoms with Crippen LogP contribution in [0.2, 0.25) is 0 Å². The number of nitrogens with one attached hydrogen (secondary N) is 1. The molecule has 2 amide bonds. The van der Waals surface area contributed by atoms with Gasteiger partial charge in [-0.2, -0.15) is 13.5 Å². The number of benzene rings is 2. The van der Waals surface area contributed by atoms with Gasteiger partial charge >= 0.3 is 62.7 Å². The number of hydrogen-bond donors (Lipinski definition) is 2. The van der Waals surface area contributed by atoms with E-state index in [2.05, 4.69) is 56.4 Å². The molecule has 48 heavy (non-hydrogen) atoms. The topological polar surface area (TPSA) is 97.1 Å². The van der Waals surface area contributed by atoms with Crippen LogP contribution in [-0.4, -0.2) is 66.3 Å². The van der Waals surface area contributed by atoms with Crippen molar-refractivity contribution in [3.05, 3.63) is 71.8 Å². The quantitative estimate of drug-likeness (QED) is 0.302. The molecule has 3 saturated heterocycles. The van der Waals surface area contributed by atoms with Gasteiger partial charge in [0.2, 0.25) is 0 Å². The average Bonchev–Trinajstić information content (AvgIpc) is 3.91. The van der Waals surface area contributed by atoms with Gasteiger partial charge in [0.1, 0.15) is 13.2 Å². The summed E-state index contributed by atoms with van der Waals surface area (Å²) in [6, 6.07) is 20.9. The van der Waals surface area contributed by atoms with Crippen LogP contribution in [0, 0.1) is 0 Å². The molecule has 0 unspecified atom stereocenters. The van der Waals surface area contributed by atoms with Gasteiger partial charge in [-0.15, -0.1) is 0 Å². The van der Waals surface area contributed by atoms with Gasteiger partial charge in [0.05, 0.1) is 0 Å². The van der Waals surface area contributed by atoms with Gasteiger partial charge in [-0.25, -0.2) is 9.59 Å². The van der Waals surface area contributed by atoms with Crippen LogP contribution in [0.4, 0.5) is 9.59 Å². The fourth-order valence-corrected chi connectivity index (χ4v) is 5.53. The Labute approximate surface area is 328 Å². The monoisotopic (exact) mass is 1030 g/mol. The van der Waals surface area contributed by atoms with Crippen molar-refractivity contribution in [3.8, 4) is 0 Å². The van der Waals surface area contributed by atoms with Crippen molar-refractivity contribution in [1.82, 2.24) is 15.1 Å². The normalized spacial score (nSPS) is 18.9. The summed E-state index contributed by atoms with van der Waals surface area (Å²) in [5, 5.41) is 3.41. The van der Waals surface area contributed by atoms with Crippen LogP contribution in [0.25, 0.3) is 0 Å². The summed E-state index contributed by atoms with van der Waals surface area (Å²) in [6.45, 7) is 12.4. The number of carbonyl (C=O) groups is 2. The molecule has 12 heteroatoms. The Balaban J connectivity index is 0. The first-order chi connectivity index (χ1) is 22.5. The Morgan fingerprint density at radius 1 is 0.792 bits per heavy atom. The fourth-order valence-electron chi connectivity index (χ4n) is 5.53. The third kappa shape index (κ3) is 20.3. The minimum absolute atomic E-state index is 0. The van der Waals surface area contributed by atoms with Crippen molar-refractivity contribution in [2.24, 2.45) is 5.73 Å². The number of rotatable bonds is 7. The van der Waals surface area contributed by atoms with Crippen molar-refractivity contribution >= 4 is 62.9 Å². The Kier molecular flexibility index (Phi) is 33.4. The van der Waals surface area contributed by atoms with Gasteiger partial charge in [-0.1, -0.05) is 95.8 Å². The molecule has 278 valence electrons. The van der Waals surface area contributed by atoms with E-state index in [-0.39, 0.29) is 39.2 Å². The number of nitrogens with zero attached hydrogens (tertiary/aromatic N) is 2. The minimum Gasteiger partial charge on any atom is -0.445 e. The van der Waals surface area contributed by atoms with E-state index in [1.165, 1.54) is 25.8 Å². The third-order valence-corrected chi connectivity index (χ3v) is 8.03.